The van der Waals surface area contributed by atoms with Crippen molar-refractivity contribution in [1.82, 2.24) is 39.0 Å². The van der Waals surface area contributed by atoms with Gasteiger partial charge in [-0.1, -0.05) is 49.2 Å². The zero-order chi connectivity index (χ0) is 54.9. The summed E-state index contributed by atoms with van der Waals surface area (Å²) in [6.45, 7) is 5.71. The molecule has 0 unspecified atom stereocenters. The largest absolute Gasteiger partial charge is 2.00 e. The zero-order valence-electron chi connectivity index (χ0n) is 39.8. The van der Waals surface area contributed by atoms with Gasteiger partial charge in [0.1, 0.15) is 11.4 Å². The maximum absolute atomic E-state index is 10.7. The van der Waals surface area contributed by atoms with Gasteiger partial charge in [-0.25, -0.2) is 9.97 Å². The summed E-state index contributed by atoms with van der Waals surface area (Å²) in [5, 5.41) is 17.5. The number of unbranched alkanes of at least 4 members (excludes halogenated alkanes) is 4. The molecule has 12 nitrogen and oxygen atoms in total. The number of hydrogen-bond acceptors (Lipinski definition) is 8. The number of aryl methyl sites for hydroxylation is 4. The fraction of sp³-hybridized carbons (Fsp3) is 0.250. The van der Waals surface area contributed by atoms with Crippen molar-refractivity contribution < 1.29 is 89.6 Å². The van der Waals surface area contributed by atoms with Gasteiger partial charge in [0, 0.05) is 50.7 Å². The van der Waals surface area contributed by atoms with Gasteiger partial charge >= 0.3 is 97.4 Å². The Bertz CT molecular complexity index is 2890. The average molecular weight is 1190 g/mol. The smallest absolute Gasteiger partial charge is 0.255 e. The van der Waals surface area contributed by atoms with E-state index in [2.05, 4.69) is 41.2 Å². The quantitative estimate of drug-likeness (QED) is 0.0437. The van der Waals surface area contributed by atoms with Gasteiger partial charge in [-0.05, 0) is 123 Å². The van der Waals surface area contributed by atoms with Crippen LogP contribution in [-0.4, -0.2) is 61.2 Å². The summed E-state index contributed by atoms with van der Waals surface area (Å²) in [4.78, 5) is 48.1. The fourth-order valence-corrected chi connectivity index (χ4v) is 6.79. The number of pyridine rings is 4. The van der Waals surface area contributed by atoms with Gasteiger partial charge in [-0.3, -0.25) is 29.5 Å². The molecule has 6 aromatic heterocycles. The molecule has 0 saturated heterocycles. The van der Waals surface area contributed by atoms with Gasteiger partial charge in [-0.2, -0.15) is 0 Å². The van der Waals surface area contributed by atoms with E-state index in [1.165, 1.54) is 0 Å². The van der Waals surface area contributed by atoms with Crippen LogP contribution in [0.1, 0.15) is 62.5 Å². The van der Waals surface area contributed by atoms with Crippen molar-refractivity contribution in [2.75, 3.05) is 0 Å². The molecule has 2 N–H and O–H groups in total. The molecule has 0 radical (unpaired) electrons. The second-order valence-electron chi connectivity index (χ2n) is 16.3. The first kappa shape index (κ1) is 62.9. The Morgan fingerprint density at radius 3 is 1.07 bits per heavy atom. The van der Waals surface area contributed by atoms with Gasteiger partial charge in [-0.15, -0.1) is 0 Å². The van der Waals surface area contributed by atoms with Crippen molar-refractivity contribution in [3.63, 3.8) is 0 Å². The number of fused-ring (bicyclic) bond motifs is 2. The van der Waals surface area contributed by atoms with Crippen LogP contribution >= 0.6 is 15.6 Å². The summed E-state index contributed by atoms with van der Waals surface area (Å²) in [7, 11) is -21.3. The van der Waals surface area contributed by atoms with Crippen molar-refractivity contribution in [3.8, 4) is 34.4 Å². The van der Waals surface area contributed by atoms with Crippen LogP contribution in [0.4, 0.5) is 50.4 Å². The number of para-hydroxylation sites is 4. The molecule has 0 atom stereocenters. The molecule has 0 fully saturated rings. The van der Waals surface area contributed by atoms with Crippen LogP contribution < -0.4 is 0 Å². The molecular formula is C48H50F12N8O4P2Ru. The number of aliphatic carboxylic acids is 2. The topological polar surface area (TPSA) is 162 Å². The molecule has 2 aromatic carbocycles. The maximum Gasteiger partial charge on any atom is 2.00 e. The minimum absolute atomic E-state index is 0. The Morgan fingerprint density at radius 2 is 0.760 bits per heavy atom. The van der Waals surface area contributed by atoms with Crippen LogP contribution in [0.5, 0.6) is 0 Å². The van der Waals surface area contributed by atoms with E-state index in [4.69, 9.17) is 20.2 Å². The number of carboxylic acid groups (broad SMARTS) is 2. The van der Waals surface area contributed by atoms with E-state index in [1.807, 2.05) is 111 Å². The van der Waals surface area contributed by atoms with Crippen molar-refractivity contribution in [1.29, 1.82) is 0 Å². The molecule has 75 heavy (non-hydrogen) atoms. The minimum atomic E-state index is -10.7. The zero-order valence-corrected chi connectivity index (χ0v) is 43.4. The first-order valence-electron chi connectivity index (χ1n) is 22.3. The van der Waals surface area contributed by atoms with Crippen LogP contribution in [0.3, 0.4) is 0 Å². The Balaban J connectivity index is 0.000000270. The number of imidazole rings is 2. The molecule has 0 aliphatic carbocycles. The van der Waals surface area contributed by atoms with E-state index >= 15 is 0 Å². The number of aromatic nitrogens is 8. The fourth-order valence-electron chi connectivity index (χ4n) is 6.79. The van der Waals surface area contributed by atoms with Crippen molar-refractivity contribution >= 4 is 49.6 Å². The number of rotatable bonds is 15. The minimum Gasteiger partial charge on any atom is -0.255 e. The second-order valence-corrected chi connectivity index (χ2v) is 20.2. The molecule has 0 aliphatic heterocycles. The van der Waals surface area contributed by atoms with Crippen molar-refractivity contribution in [2.24, 2.45) is 0 Å². The number of benzene rings is 2. The van der Waals surface area contributed by atoms with Gasteiger partial charge in [0.15, 0.2) is 11.6 Å². The molecule has 0 saturated carbocycles. The molecule has 0 bridgehead atoms. The summed E-state index contributed by atoms with van der Waals surface area (Å²) in [6, 6.07) is 35.8. The first-order valence-corrected chi connectivity index (χ1v) is 26.4. The van der Waals surface area contributed by atoms with Crippen LogP contribution in [-0.2, 0) is 42.2 Å². The van der Waals surface area contributed by atoms with Gasteiger partial charge in [0.05, 0.1) is 33.5 Å². The third-order valence-electron chi connectivity index (χ3n) is 9.74. The molecule has 408 valence electrons. The van der Waals surface area contributed by atoms with E-state index in [9.17, 15) is 60.0 Å². The number of nitrogens with zero attached hydrogens (tertiary/aromatic N) is 8. The molecule has 27 heteroatoms. The summed E-state index contributed by atoms with van der Waals surface area (Å²) >= 11 is 0. The van der Waals surface area contributed by atoms with Crippen molar-refractivity contribution in [2.45, 2.75) is 78.3 Å². The molecule has 8 rings (SSSR count). The van der Waals surface area contributed by atoms with Gasteiger partial charge < -0.3 is 19.3 Å². The maximum atomic E-state index is 10.6. The predicted molar refractivity (Wildman–Crippen MR) is 262 cm³/mol. The SMILES string of the molecule is Cc1ccnc(-c2nc3ccccc3n2CCCCCC(=O)O)c1.Cc1ccnc(-c2nc3ccccc3n2CCCCCC(=O)O)c1.F[P-](F)(F)(F)(F)F.F[P-](F)(F)(F)(F)F.[Ru+2].c1ccc(-c2ccccn2)nc1. The Hall–Kier alpha value is -6.44. The average Bonchev–Trinajstić information content (AvgIpc) is 3.86. The summed E-state index contributed by atoms with van der Waals surface area (Å²) in [5.74, 6) is 0.289. The molecule has 0 aliphatic rings. The third kappa shape index (κ3) is 27.1. The van der Waals surface area contributed by atoms with Crippen LogP contribution in [0, 0.1) is 13.8 Å². The second kappa shape index (κ2) is 24.9. The van der Waals surface area contributed by atoms with Gasteiger partial charge in [0.25, 0.3) is 0 Å². The Kier molecular flexibility index (Phi) is 20.9. The standard InChI is InChI=1S/2C19H21N3O2.C10H8N2.2F6P.Ru/c2*1-14-10-11-20-16(13-14)19-21-15-7-4-5-8-17(15)22(19)12-6-2-3-9-18(23)24;1-3-7-11-9(5-1)10-6-2-4-8-12-10;2*1-7(2,3,4,5)6;/h2*4-5,7-8,10-11,13H,2-3,6,9,12H2,1H3,(H,23,24);1-8H;;;/q;;;2*-1;+2. The molecule has 6 heterocycles. The van der Waals surface area contributed by atoms with Crippen LogP contribution in [0.15, 0.2) is 134 Å². The monoisotopic (exact) mass is 1190 g/mol. The normalized spacial score (nSPS) is 12.9. The molecule has 0 spiro atoms. The van der Waals surface area contributed by atoms with E-state index in [-0.39, 0.29) is 32.3 Å². The Labute approximate surface area is 434 Å². The summed E-state index contributed by atoms with van der Waals surface area (Å²) in [5.41, 5.74) is 9.98. The Morgan fingerprint density at radius 1 is 0.440 bits per heavy atom. The molecular weight excluding hydrogens is 1140 g/mol. The number of halogens is 12. The molecule has 8 aromatic rings. The number of carbonyl (C=O) groups is 2. The third-order valence-corrected chi connectivity index (χ3v) is 9.74. The number of carboxylic acids is 2. The molecule has 0 amide bonds. The van der Waals surface area contributed by atoms with E-state index in [0.29, 0.717) is 12.8 Å². The van der Waals surface area contributed by atoms with E-state index in [1.54, 1.807) is 24.8 Å². The van der Waals surface area contributed by atoms with E-state index < -0.39 is 27.6 Å². The first-order chi connectivity index (χ1) is 34.2. The van der Waals surface area contributed by atoms with Gasteiger partial charge in [0.2, 0.25) is 0 Å². The predicted octanol–water partition coefficient (Wildman–Crippen LogP) is 17.0. The number of hydrogen-bond donors (Lipinski definition) is 2. The van der Waals surface area contributed by atoms with E-state index in [0.717, 1.165) is 106 Å². The summed E-state index contributed by atoms with van der Waals surface area (Å²) < 4.78 is 123. The van der Waals surface area contributed by atoms with Crippen LogP contribution in [0.2, 0.25) is 0 Å². The van der Waals surface area contributed by atoms with Crippen molar-refractivity contribution in [3.05, 3.63) is 145 Å². The van der Waals surface area contributed by atoms with Crippen LogP contribution in [0.25, 0.3) is 56.5 Å². The summed E-state index contributed by atoms with van der Waals surface area (Å²) in [6.07, 6.45) is 12.7.